The van der Waals surface area contributed by atoms with E-state index in [9.17, 15) is 0 Å². The zero-order chi connectivity index (χ0) is 13.8. The van der Waals surface area contributed by atoms with E-state index in [4.69, 9.17) is 0 Å². The van der Waals surface area contributed by atoms with Crippen LogP contribution in [0.15, 0.2) is 34.5 Å². The van der Waals surface area contributed by atoms with Gasteiger partial charge in [-0.25, -0.2) is 0 Å². The summed E-state index contributed by atoms with van der Waals surface area (Å²) in [5, 5.41) is 13.7. The molecule has 0 unspecified atom stereocenters. The lowest BCUT2D eigenvalue weighted by atomic mass is 10.2. The third kappa shape index (κ3) is 3.23. The molecule has 0 saturated heterocycles. The third-order valence-corrected chi connectivity index (χ3v) is 3.35. The molecule has 4 nitrogen and oxygen atoms in total. The quantitative estimate of drug-likeness (QED) is 0.634. The van der Waals surface area contributed by atoms with E-state index in [2.05, 4.69) is 60.3 Å². The predicted molar refractivity (Wildman–Crippen MR) is 80.1 cm³/mol. The minimum atomic E-state index is 0.295. The van der Waals surface area contributed by atoms with E-state index < -0.39 is 0 Å². The number of hydrogen-bond acceptors (Lipinski definition) is 4. The summed E-state index contributed by atoms with van der Waals surface area (Å²) in [5.41, 5.74) is 2.31. The van der Waals surface area contributed by atoms with Crippen LogP contribution in [0.5, 0.6) is 0 Å². The highest BCUT2D eigenvalue weighted by Gasteiger charge is 2.13. The van der Waals surface area contributed by atoms with Crippen molar-refractivity contribution in [3.63, 3.8) is 0 Å². The summed E-state index contributed by atoms with van der Waals surface area (Å²) >= 11 is 1.55. The van der Waals surface area contributed by atoms with Crippen molar-refractivity contribution in [2.45, 2.75) is 31.8 Å². The van der Waals surface area contributed by atoms with E-state index in [1.165, 1.54) is 5.56 Å². The monoisotopic (exact) mass is 274 g/mol. The number of aryl methyl sites for hydroxylation is 1. The molecule has 0 N–H and O–H groups in total. The fraction of sp³-hybridized carbons (Fsp3) is 0.357. The van der Waals surface area contributed by atoms with E-state index in [-0.39, 0.29) is 0 Å². The lowest BCUT2D eigenvalue weighted by Crippen LogP contribution is -2.01. The van der Waals surface area contributed by atoms with Crippen molar-refractivity contribution < 1.29 is 0 Å². The van der Waals surface area contributed by atoms with Crippen LogP contribution in [0, 0.1) is 6.92 Å². The number of rotatable bonds is 4. The van der Waals surface area contributed by atoms with Crippen molar-refractivity contribution in [2.24, 2.45) is 5.10 Å². The van der Waals surface area contributed by atoms with Gasteiger partial charge in [-0.15, -0.1) is 10.2 Å². The average molecular weight is 274 g/mol. The van der Waals surface area contributed by atoms with Crippen molar-refractivity contribution in [1.82, 2.24) is 14.9 Å². The number of aromatic nitrogens is 3. The SMILES string of the molecule is CSc1nnc(C(C)C)n1/N=C\c1ccc(C)cc1. The zero-order valence-electron chi connectivity index (χ0n) is 11.7. The standard InChI is InChI=1S/C14H18N4S/c1-10(2)13-16-17-14(19-4)18(13)15-9-12-7-5-11(3)6-8-12/h5-10H,1-4H3/b15-9-. The molecule has 2 rings (SSSR count). The van der Waals surface area contributed by atoms with Crippen LogP contribution in [-0.2, 0) is 0 Å². The van der Waals surface area contributed by atoms with Gasteiger partial charge in [0.1, 0.15) is 0 Å². The molecule has 0 spiro atoms. The first kappa shape index (κ1) is 13.8. The van der Waals surface area contributed by atoms with Crippen LogP contribution < -0.4 is 0 Å². The highest BCUT2D eigenvalue weighted by atomic mass is 32.2. The van der Waals surface area contributed by atoms with Gasteiger partial charge in [0.15, 0.2) is 5.82 Å². The minimum absolute atomic E-state index is 0.295. The average Bonchev–Trinajstić information content (AvgIpc) is 2.81. The maximum Gasteiger partial charge on any atom is 0.211 e. The van der Waals surface area contributed by atoms with Crippen LogP contribution in [0.2, 0.25) is 0 Å². The largest absolute Gasteiger partial charge is 0.211 e. The molecular weight excluding hydrogens is 256 g/mol. The molecule has 1 aromatic heterocycles. The van der Waals surface area contributed by atoms with Crippen molar-refractivity contribution >= 4 is 18.0 Å². The van der Waals surface area contributed by atoms with E-state index in [0.29, 0.717) is 5.92 Å². The highest BCUT2D eigenvalue weighted by Crippen LogP contribution is 2.19. The fourth-order valence-corrected chi connectivity index (χ4v) is 2.09. The number of thioether (sulfide) groups is 1. The summed E-state index contributed by atoms with van der Waals surface area (Å²) in [5.74, 6) is 1.18. The van der Waals surface area contributed by atoms with Crippen molar-refractivity contribution in [1.29, 1.82) is 0 Å². The van der Waals surface area contributed by atoms with E-state index in [1.54, 1.807) is 11.8 Å². The smallest absolute Gasteiger partial charge is 0.191 e. The summed E-state index contributed by atoms with van der Waals surface area (Å²) in [6.45, 7) is 6.25. The van der Waals surface area contributed by atoms with Crippen LogP contribution in [0.3, 0.4) is 0 Å². The van der Waals surface area contributed by atoms with Gasteiger partial charge in [-0.2, -0.15) is 9.78 Å². The van der Waals surface area contributed by atoms with Gasteiger partial charge >= 0.3 is 0 Å². The number of benzene rings is 1. The molecular formula is C14H18N4S. The van der Waals surface area contributed by atoms with Gasteiger partial charge in [0.05, 0.1) is 6.21 Å². The highest BCUT2D eigenvalue weighted by molar-refractivity contribution is 7.98. The summed E-state index contributed by atoms with van der Waals surface area (Å²) in [4.78, 5) is 0. The lowest BCUT2D eigenvalue weighted by Gasteiger charge is -2.05. The molecule has 0 bridgehead atoms. The first-order valence-corrected chi connectivity index (χ1v) is 7.44. The molecule has 19 heavy (non-hydrogen) atoms. The molecule has 0 aliphatic heterocycles. The molecule has 0 saturated carbocycles. The van der Waals surface area contributed by atoms with Crippen LogP contribution in [-0.4, -0.2) is 27.3 Å². The van der Waals surface area contributed by atoms with Crippen molar-refractivity contribution in [3.8, 4) is 0 Å². The van der Waals surface area contributed by atoms with Gasteiger partial charge < -0.3 is 0 Å². The Hall–Kier alpha value is -1.62. The van der Waals surface area contributed by atoms with Crippen LogP contribution >= 0.6 is 11.8 Å². The molecule has 0 aliphatic rings. The number of hydrogen-bond donors (Lipinski definition) is 0. The van der Waals surface area contributed by atoms with Gasteiger partial charge in [-0.1, -0.05) is 55.4 Å². The molecule has 0 amide bonds. The molecule has 1 heterocycles. The predicted octanol–water partition coefficient (Wildman–Crippen LogP) is 3.31. The molecule has 0 fully saturated rings. The summed E-state index contributed by atoms with van der Waals surface area (Å²) in [7, 11) is 0. The van der Waals surface area contributed by atoms with Crippen LogP contribution in [0.25, 0.3) is 0 Å². The Morgan fingerprint density at radius 2 is 1.89 bits per heavy atom. The van der Waals surface area contributed by atoms with Gasteiger partial charge in [0, 0.05) is 5.92 Å². The molecule has 5 heteroatoms. The molecule has 2 aromatic rings. The van der Waals surface area contributed by atoms with Crippen LogP contribution in [0.1, 0.15) is 36.7 Å². The third-order valence-electron chi connectivity index (χ3n) is 2.73. The molecule has 100 valence electrons. The Kier molecular flexibility index (Phi) is 4.37. The second-order valence-corrected chi connectivity index (χ2v) is 5.44. The lowest BCUT2D eigenvalue weighted by molar-refractivity contribution is 0.668. The Morgan fingerprint density at radius 3 is 2.47 bits per heavy atom. The normalized spacial score (nSPS) is 11.6. The number of nitrogens with zero attached hydrogens (tertiary/aromatic N) is 4. The second-order valence-electron chi connectivity index (χ2n) is 4.67. The Bertz CT molecular complexity index is 570. The van der Waals surface area contributed by atoms with E-state index in [1.807, 2.05) is 17.1 Å². The van der Waals surface area contributed by atoms with Crippen LogP contribution in [0.4, 0.5) is 0 Å². The molecule has 1 aromatic carbocycles. The van der Waals surface area contributed by atoms with Gasteiger partial charge in [0.2, 0.25) is 5.16 Å². The first-order valence-electron chi connectivity index (χ1n) is 6.22. The molecule has 0 aliphatic carbocycles. The summed E-state index contributed by atoms with van der Waals surface area (Å²) < 4.78 is 1.81. The van der Waals surface area contributed by atoms with Gasteiger partial charge in [-0.3, -0.25) is 0 Å². The summed E-state index contributed by atoms with van der Waals surface area (Å²) in [6.07, 6.45) is 3.82. The van der Waals surface area contributed by atoms with Gasteiger partial charge in [0.25, 0.3) is 0 Å². The Labute approximate surface area is 117 Å². The van der Waals surface area contributed by atoms with E-state index in [0.717, 1.165) is 16.5 Å². The first-order chi connectivity index (χ1) is 9.11. The van der Waals surface area contributed by atoms with Gasteiger partial charge in [-0.05, 0) is 18.7 Å². The fourth-order valence-electron chi connectivity index (χ4n) is 1.65. The Morgan fingerprint density at radius 1 is 1.21 bits per heavy atom. The second kappa shape index (κ2) is 6.02. The van der Waals surface area contributed by atoms with E-state index >= 15 is 0 Å². The maximum absolute atomic E-state index is 4.50. The maximum atomic E-state index is 4.50. The zero-order valence-corrected chi connectivity index (χ0v) is 12.5. The summed E-state index contributed by atoms with van der Waals surface area (Å²) in [6, 6.07) is 8.26. The topological polar surface area (TPSA) is 43.1 Å². The molecule has 0 atom stereocenters. The molecule has 0 radical (unpaired) electrons. The minimum Gasteiger partial charge on any atom is -0.191 e. The van der Waals surface area contributed by atoms with Crippen molar-refractivity contribution in [2.75, 3.05) is 6.26 Å². The van der Waals surface area contributed by atoms with Crippen molar-refractivity contribution in [3.05, 3.63) is 41.2 Å². The Balaban J connectivity index is 2.31.